The molecule has 0 N–H and O–H groups in total. The van der Waals surface area contributed by atoms with Crippen LogP contribution in [0.15, 0.2) is 0 Å². The van der Waals surface area contributed by atoms with Gasteiger partial charge in [0, 0.05) is 10.8 Å². The van der Waals surface area contributed by atoms with Crippen LogP contribution in [0.25, 0.3) is 0 Å². The van der Waals surface area contributed by atoms with Crippen molar-refractivity contribution in [2.75, 3.05) is 4.43 Å². The molecule has 2 atom stereocenters. The Morgan fingerprint density at radius 2 is 2.00 bits per heavy atom. The van der Waals surface area contributed by atoms with Gasteiger partial charge in [-0.2, -0.15) is 0 Å². The smallest absolute Gasteiger partial charge is 0.112 e. The van der Waals surface area contributed by atoms with Crippen molar-refractivity contribution in [3.8, 4) is 0 Å². The topological polar surface area (TPSA) is 0 Å². The predicted molar refractivity (Wildman–Crippen MR) is 39.0 cm³/mol. The highest BCUT2D eigenvalue weighted by Crippen LogP contribution is 2.07. The summed E-state index contributed by atoms with van der Waals surface area (Å²) in [5.41, 5.74) is 0. The second-order valence-electron chi connectivity index (χ2n) is 1.77. The highest BCUT2D eigenvalue weighted by Gasteiger charge is 2.07. The molecule has 8 heavy (non-hydrogen) atoms. The third-order valence-electron chi connectivity index (χ3n) is 0.748. The highest BCUT2D eigenvalue weighted by molar-refractivity contribution is 14.1. The third kappa shape index (κ3) is 4.74. The molecule has 0 aliphatic rings. The molecule has 0 aromatic rings. The molecular formula is C5H9F2I. The molecule has 0 spiro atoms. The molecule has 50 valence electrons. The van der Waals surface area contributed by atoms with E-state index in [1.54, 1.807) is 0 Å². The molecule has 0 aromatic heterocycles. The van der Waals surface area contributed by atoms with Crippen molar-refractivity contribution in [2.24, 2.45) is 0 Å². The first kappa shape index (κ1) is 8.59. The van der Waals surface area contributed by atoms with Gasteiger partial charge in [0.05, 0.1) is 0 Å². The van der Waals surface area contributed by atoms with Crippen LogP contribution in [0, 0.1) is 0 Å². The van der Waals surface area contributed by atoms with Gasteiger partial charge in [-0.3, -0.25) is 0 Å². The maximum Gasteiger partial charge on any atom is 0.112 e. The van der Waals surface area contributed by atoms with Gasteiger partial charge < -0.3 is 0 Å². The Morgan fingerprint density at radius 1 is 1.50 bits per heavy atom. The summed E-state index contributed by atoms with van der Waals surface area (Å²) in [5.74, 6) is 0. The van der Waals surface area contributed by atoms with E-state index in [2.05, 4.69) is 0 Å². The summed E-state index contributed by atoms with van der Waals surface area (Å²) in [4.78, 5) is 0. The van der Waals surface area contributed by atoms with Gasteiger partial charge in [0.25, 0.3) is 0 Å². The minimum absolute atomic E-state index is 0.0446. The monoisotopic (exact) mass is 234 g/mol. The molecule has 2 unspecified atom stereocenters. The lowest BCUT2D eigenvalue weighted by Crippen LogP contribution is -2.07. The zero-order chi connectivity index (χ0) is 6.57. The molecule has 0 heterocycles. The Balaban J connectivity index is 3.10. The molecule has 0 fully saturated rings. The van der Waals surface area contributed by atoms with Crippen LogP contribution in [-0.2, 0) is 0 Å². The molecule has 3 heteroatoms. The van der Waals surface area contributed by atoms with Crippen molar-refractivity contribution in [1.82, 2.24) is 0 Å². The summed E-state index contributed by atoms with van der Waals surface area (Å²) in [7, 11) is 0. The molecule has 0 nitrogen and oxygen atoms in total. The van der Waals surface area contributed by atoms with Crippen LogP contribution in [0.5, 0.6) is 0 Å². The average Bonchev–Trinajstić information content (AvgIpc) is 1.65. The zero-order valence-corrected chi connectivity index (χ0v) is 6.86. The van der Waals surface area contributed by atoms with Crippen LogP contribution < -0.4 is 0 Å². The SMILES string of the molecule is CC(F)CC(F)CI. The Labute approximate surface area is 61.8 Å². The first-order valence-corrected chi connectivity index (χ1v) is 4.03. The second kappa shape index (κ2) is 4.47. The van der Waals surface area contributed by atoms with Crippen LogP contribution in [0.2, 0.25) is 0 Å². The lowest BCUT2D eigenvalue weighted by atomic mass is 10.2. The molecule has 0 amide bonds. The number of alkyl halides is 3. The highest BCUT2D eigenvalue weighted by atomic mass is 127. The van der Waals surface area contributed by atoms with E-state index in [-0.39, 0.29) is 6.42 Å². The lowest BCUT2D eigenvalue weighted by molar-refractivity contribution is 0.251. The lowest BCUT2D eigenvalue weighted by Gasteiger charge is -2.02. The van der Waals surface area contributed by atoms with E-state index in [1.165, 1.54) is 6.92 Å². The van der Waals surface area contributed by atoms with Crippen molar-refractivity contribution < 1.29 is 8.78 Å². The standard InChI is InChI=1S/C5H9F2I/c1-4(6)2-5(7)3-8/h4-5H,2-3H2,1H3. The van der Waals surface area contributed by atoms with E-state index in [9.17, 15) is 8.78 Å². The summed E-state index contributed by atoms with van der Waals surface area (Å²) in [5, 5.41) is 0. The van der Waals surface area contributed by atoms with Crippen LogP contribution in [-0.4, -0.2) is 16.8 Å². The maximum atomic E-state index is 12.1. The third-order valence-corrected chi connectivity index (χ3v) is 1.70. The fourth-order valence-corrected chi connectivity index (χ4v) is 0.775. The van der Waals surface area contributed by atoms with E-state index in [4.69, 9.17) is 0 Å². The molecule has 0 bridgehead atoms. The molecule has 0 aliphatic heterocycles. The van der Waals surface area contributed by atoms with Gasteiger partial charge >= 0.3 is 0 Å². The average molecular weight is 234 g/mol. The van der Waals surface area contributed by atoms with Crippen molar-refractivity contribution in [3.05, 3.63) is 0 Å². The van der Waals surface area contributed by atoms with Gasteiger partial charge in [0.1, 0.15) is 12.3 Å². The van der Waals surface area contributed by atoms with E-state index < -0.39 is 12.3 Å². The first-order chi connectivity index (χ1) is 3.66. The summed E-state index contributed by atoms with van der Waals surface area (Å²) < 4.78 is 24.4. The Bertz CT molecular complexity index is 56.4. The van der Waals surface area contributed by atoms with Crippen molar-refractivity contribution in [2.45, 2.75) is 25.7 Å². The van der Waals surface area contributed by atoms with Gasteiger partial charge in [0.2, 0.25) is 0 Å². The summed E-state index contributed by atoms with van der Waals surface area (Å²) in [6.45, 7) is 1.37. The Hall–Kier alpha value is 0.590. The van der Waals surface area contributed by atoms with Crippen molar-refractivity contribution in [1.29, 1.82) is 0 Å². The second-order valence-corrected chi connectivity index (χ2v) is 2.65. The van der Waals surface area contributed by atoms with Crippen LogP contribution in [0.3, 0.4) is 0 Å². The number of halogens is 3. The van der Waals surface area contributed by atoms with Gasteiger partial charge in [-0.05, 0) is 6.92 Å². The van der Waals surface area contributed by atoms with Crippen LogP contribution in [0.4, 0.5) is 8.78 Å². The molecule has 0 rings (SSSR count). The molecule has 0 radical (unpaired) electrons. The van der Waals surface area contributed by atoms with Gasteiger partial charge in [0.15, 0.2) is 0 Å². The number of hydrogen-bond acceptors (Lipinski definition) is 0. The Kier molecular flexibility index (Phi) is 4.80. The van der Waals surface area contributed by atoms with E-state index in [0.29, 0.717) is 4.43 Å². The quantitative estimate of drug-likeness (QED) is 0.519. The summed E-state index contributed by atoms with van der Waals surface area (Å²) in [6, 6.07) is 0. The van der Waals surface area contributed by atoms with Gasteiger partial charge in [-0.15, -0.1) is 0 Å². The van der Waals surface area contributed by atoms with Crippen molar-refractivity contribution in [3.63, 3.8) is 0 Å². The minimum atomic E-state index is -1.00. The largest absolute Gasteiger partial charge is 0.248 e. The fraction of sp³-hybridized carbons (Fsp3) is 1.00. The Morgan fingerprint density at radius 3 is 2.12 bits per heavy atom. The molecular weight excluding hydrogens is 225 g/mol. The fourth-order valence-electron chi connectivity index (χ4n) is 0.415. The molecule has 0 saturated heterocycles. The number of hydrogen-bond donors (Lipinski definition) is 0. The molecule has 0 saturated carbocycles. The van der Waals surface area contributed by atoms with Gasteiger partial charge in [-0.1, -0.05) is 22.6 Å². The van der Waals surface area contributed by atoms with Crippen molar-refractivity contribution >= 4 is 22.6 Å². The van der Waals surface area contributed by atoms with Gasteiger partial charge in [-0.25, -0.2) is 8.78 Å². The zero-order valence-electron chi connectivity index (χ0n) is 4.70. The van der Waals surface area contributed by atoms with E-state index in [1.807, 2.05) is 22.6 Å². The van der Waals surface area contributed by atoms with Crippen LogP contribution in [0.1, 0.15) is 13.3 Å². The first-order valence-electron chi connectivity index (χ1n) is 2.51. The normalized spacial score (nSPS) is 18.0. The number of rotatable bonds is 3. The van der Waals surface area contributed by atoms with Crippen LogP contribution >= 0.6 is 22.6 Å². The van der Waals surface area contributed by atoms with E-state index in [0.717, 1.165) is 0 Å². The molecule has 0 aromatic carbocycles. The molecule has 0 aliphatic carbocycles. The minimum Gasteiger partial charge on any atom is -0.248 e. The predicted octanol–water partition coefficient (Wildman–Crippen LogP) is 2.51. The summed E-state index contributed by atoms with van der Waals surface area (Å²) >= 11 is 1.91. The summed E-state index contributed by atoms with van der Waals surface area (Å²) in [6.07, 6.45) is -1.92. The van der Waals surface area contributed by atoms with E-state index >= 15 is 0 Å². The maximum absolute atomic E-state index is 12.1.